The van der Waals surface area contributed by atoms with Crippen LogP contribution < -0.4 is 0 Å². The fourth-order valence-corrected chi connectivity index (χ4v) is 1.49. The molecule has 76 valence electrons. The van der Waals surface area contributed by atoms with Crippen molar-refractivity contribution in [2.45, 2.75) is 13.3 Å². The Morgan fingerprint density at radius 1 is 1.57 bits per heavy atom. The summed E-state index contributed by atoms with van der Waals surface area (Å²) in [5.74, 6) is -0.789. The van der Waals surface area contributed by atoms with Crippen molar-refractivity contribution in [3.05, 3.63) is 34.1 Å². The van der Waals surface area contributed by atoms with Crippen molar-refractivity contribution in [2.24, 2.45) is 0 Å². The second kappa shape index (κ2) is 4.42. The van der Waals surface area contributed by atoms with Gasteiger partial charge in [-0.1, -0.05) is 11.6 Å². The molecule has 2 nitrogen and oxygen atoms in total. The minimum absolute atomic E-state index is 0.0709. The fourth-order valence-electron chi connectivity index (χ4n) is 1.17. The van der Waals surface area contributed by atoms with E-state index in [1.807, 2.05) is 0 Å². The first-order valence-corrected chi connectivity index (χ1v) is 4.43. The van der Waals surface area contributed by atoms with Gasteiger partial charge in [-0.2, -0.15) is 0 Å². The van der Waals surface area contributed by atoms with Gasteiger partial charge in [-0.15, -0.1) is 0 Å². The summed E-state index contributed by atoms with van der Waals surface area (Å²) in [6.45, 7) is 1.70. The zero-order valence-corrected chi connectivity index (χ0v) is 8.69. The lowest BCUT2D eigenvalue weighted by Crippen LogP contribution is -2.06. The van der Waals surface area contributed by atoms with Crippen LogP contribution >= 0.6 is 11.6 Å². The van der Waals surface area contributed by atoms with E-state index in [0.717, 1.165) is 0 Å². The number of esters is 1. The maximum atomic E-state index is 12.8. The van der Waals surface area contributed by atoms with E-state index in [2.05, 4.69) is 4.74 Å². The Bertz CT molecular complexity index is 340. The van der Waals surface area contributed by atoms with Crippen LogP contribution in [-0.2, 0) is 16.0 Å². The topological polar surface area (TPSA) is 26.3 Å². The van der Waals surface area contributed by atoms with E-state index in [9.17, 15) is 9.18 Å². The van der Waals surface area contributed by atoms with E-state index >= 15 is 0 Å². The molecule has 0 saturated heterocycles. The Hall–Kier alpha value is -1.09. The van der Waals surface area contributed by atoms with Crippen molar-refractivity contribution in [3.63, 3.8) is 0 Å². The van der Waals surface area contributed by atoms with Gasteiger partial charge in [0.2, 0.25) is 0 Å². The second-order valence-corrected chi connectivity index (χ2v) is 3.34. The fraction of sp³-hybridized carbons (Fsp3) is 0.300. The van der Waals surface area contributed by atoms with Crippen LogP contribution in [0.2, 0.25) is 5.02 Å². The van der Waals surface area contributed by atoms with Gasteiger partial charge in [0, 0.05) is 5.02 Å². The van der Waals surface area contributed by atoms with Crippen LogP contribution in [0.1, 0.15) is 11.1 Å². The van der Waals surface area contributed by atoms with Gasteiger partial charge < -0.3 is 4.74 Å². The van der Waals surface area contributed by atoms with Gasteiger partial charge in [-0.25, -0.2) is 4.39 Å². The molecule has 1 aromatic carbocycles. The molecular formula is C10H10ClFO2. The molecule has 0 aliphatic carbocycles. The molecule has 0 saturated carbocycles. The zero-order valence-electron chi connectivity index (χ0n) is 7.93. The van der Waals surface area contributed by atoms with Crippen LogP contribution in [0.15, 0.2) is 12.1 Å². The molecule has 0 aliphatic rings. The van der Waals surface area contributed by atoms with Gasteiger partial charge in [0.15, 0.2) is 0 Å². The maximum absolute atomic E-state index is 12.8. The summed E-state index contributed by atoms with van der Waals surface area (Å²) < 4.78 is 17.3. The van der Waals surface area contributed by atoms with Gasteiger partial charge in [0.25, 0.3) is 0 Å². The third-order valence-corrected chi connectivity index (χ3v) is 2.27. The van der Waals surface area contributed by atoms with E-state index in [1.54, 1.807) is 6.92 Å². The van der Waals surface area contributed by atoms with E-state index in [1.165, 1.54) is 19.2 Å². The summed E-state index contributed by atoms with van der Waals surface area (Å²) in [5.41, 5.74) is 1.26. The lowest BCUT2D eigenvalue weighted by molar-refractivity contribution is -0.139. The number of ether oxygens (including phenoxy) is 1. The molecule has 14 heavy (non-hydrogen) atoms. The van der Waals surface area contributed by atoms with Gasteiger partial charge in [-0.3, -0.25) is 4.79 Å². The molecular weight excluding hydrogens is 207 g/mol. The number of carbonyl (C=O) groups excluding carboxylic acids is 1. The van der Waals surface area contributed by atoms with Crippen molar-refractivity contribution in [1.29, 1.82) is 0 Å². The first-order valence-electron chi connectivity index (χ1n) is 4.06. The molecule has 0 atom stereocenters. The standard InChI is InChI=1S/C10H10ClFO2/c1-6-3-7(12)4-9(11)8(6)5-10(13)14-2/h3-4H,5H2,1-2H3. The highest BCUT2D eigenvalue weighted by Crippen LogP contribution is 2.22. The highest BCUT2D eigenvalue weighted by atomic mass is 35.5. The summed E-state index contributed by atoms with van der Waals surface area (Å²) in [5, 5.41) is 0.257. The number of methoxy groups -OCH3 is 1. The lowest BCUT2D eigenvalue weighted by atomic mass is 10.1. The van der Waals surface area contributed by atoms with Gasteiger partial charge in [0.1, 0.15) is 5.82 Å². The first kappa shape index (κ1) is 11.0. The Morgan fingerprint density at radius 2 is 2.21 bits per heavy atom. The van der Waals surface area contributed by atoms with Crippen LogP contribution in [0.4, 0.5) is 4.39 Å². The van der Waals surface area contributed by atoms with E-state index in [-0.39, 0.29) is 17.4 Å². The number of benzene rings is 1. The molecule has 0 radical (unpaired) electrons. The summed E-state index contributed by atoms with van der Waals surface area (Å²) in [4.78, 5) is 11.0. The monoisotopic (exact) mass is 216 g/mol. The highest BCUT2D eigenvalue weighted by Gasteiger charge is 2.11. The van der Waals surface area contributed by atoms with E-state index < -0.39 is 5.82 Å². The Morgan fingerprint density at radius 3 is 2.71 bits per heavy atom. The number of aryl methyl sites for hydroxylation is 1. The number of halogens is 2. The minimum atomic E-state index is -0.402. The van der Waals surface area contributed by atoms with Crippen molar-refractivity contribution in [2.75, 3.05) is 7.11 Å². The normalized spacial score (nSPS) is 10.0. The zero-order chi connectivity index (χ0) is 10.7. The predicted octanol–water partition coefficient (Wildman–Crippen LogP) is 2.50. The number of rotatable bonds is 2. The Labute approximate surface area is 86.6 Å². The molecule has 4 heteroatoms. The summed E-state index contributed by atoms with van der Waals surface area (Å²) in [6, 6.07) is 2.52. The third-order valence-electron chi connectivity index (χ3n) is 1.93. The SMILES string of the molecule is COC(=O)Cc1c(C)cc(F)cc1Cl. The second-order valence-electron chi connectivity index (χ2n) is 2.94. The summed E-state index contributed by atoms with van der Waals surface area (Å²) in [6.07, 6.45) is 0.0709. The van der Waals surface area contributed by atoms with Gasteiger partial charge in [0.05, 0.1) is 13.5 Å². The molecule has 0 spiro atoms. The molecule has 0 bridgehead atoms. The molecule has 0 fully saturated rings. The van der Waals surface area contributed by atoms with Crippen LogP contribution in [-0.4, -0.2) is 13.1 Å². The quantitative estimate of drug-likeness (QED) is 0.710. The number of hydrogen-bond donors (Lipinski definition) is 0. The minimum Gasteiger partial charge on any atom is -0.469 e. The molecule has 0 amide bonds. The third kappa shape index (κ3) is 2.45. The van der Waals surface area contributed by atoms with Crippen molar-refractivity contribution < 1.29 is 13.9 Å². The first-order chi connectivity index (χ1) is 6.54. The molecule has 0 aliphatic heterocycles. The Balaban J connectivity index is 3.02. The average molecular weight is 217 g/mol. The highest BCUT2D eigenvalue weighted by molar-refractivity contribution is 6.31. The predicted molar refractivity (Wildman–Crippen MR) is 51.9 cm³/mol. The maximum Gasteiger partial charge on any atom is 0.310 e. The van der Waals surface area contributed by atoms with Crippen molar-refractivity contribution in [1.82, 2.24) is 0 Å². The average Bonchev–Trinajstić information content (AvgIpc) is 2.10. The van der Waals surface area contributed by atoms with Crippen molar-refractivity contribution >= 4 is 17.6 Å². The Kier molecular flexibility index (Phi) is 3.47. The van der Waals surface area contributed by atoms with Crippen LogP contribution in [0, 0.1) is 12.7 Å². The van der Waals surface area contributed by atoms with Gasteiger partial charge in [-0.05, 0) is 30.2 Å². The van der Waals surface area contributed by atoms with E-state index in [0.29, 0.717) is 11.1 Å². The summed E-state index contributed by atoms with van der Waals surface area (Å²) >= 11 is 5.79. The largest absolute Gasteiger partial charge is 0.469 e. The summed E-state index contributed by atoms with van der Waals surface area (Å²) in [7, 11) is 1.30. The molecule has 1 rings (SSSR count). The molecule has 1 aromatic rings. The lowest BCUT2D eigenvalue weighted by Gasteiger charge is -2.06. The molecule has 0 N–H and O–H groups in total. The number of carbonyl (C=O) groups is 1. The van der Waals surface area contributed by atoms with Crippen LogP contribution in [0.3, 0.4) is 0 Å². The smallest absolute Gasteiger partial charge is 0.310 e. The van der Waals surface area contributed by atoms with E-state index in [4.69, 9.17) is 11.6 Å². The molecule has 0 heterocycles. The molecule has 0 aromatic heterocycles. The molecule has 0 unspecified atom stereocenters. The van der Waals surface area contributed by atoms with Crippen LogP contribution in [0.5, 0.6) is 0 Å². The van der Waals surface area contributed by atoms with Crippen LogP contribution in [0.25, 0.3) is 0 Å². The van der Waals surface area contributed by atoms with Crippen molar-refractivity contribution in [3.8, 4) is 0 Å². The number of hydrogen-bond acceptors (Lipinski definition) is 2. The van der Waals surface area contributed by atoms with Gasteiger partial charge >= 0.3 is 5.97 Å².